The average Bonchev–Trinajstić information content (AvgIpc) is 2.39. The number of aromatic nitrogens is 1. The number of carbonyl (C=O) groups is 1. The normalized spacial score (nSPS) is 10.3. The van der Waals surface area contributed by atoms with Gasteiger partial charge in [-0.05, 0) is 49.7 Å². The average molecular weight is 259 g/mol. The Kier molecular flexibility index (Phi) is 3.90. The summed E-state index contributed by atoms with van der Waals surface area (Å²) in [7, 11) is 0. The fourth-order valence-corrected chi connectivity index (χ4v) is 1.83. The Bertz CT molecular complexity index is 611. The first-order valence-electron chi connectivity index (χ1n) is 6.01. The Morgan fingerprint density at radius 2 is 2.11 bits per heavy atom. The van der Waals surface area contributed by atoms with Crippen molar-refractivity contribution >= 4 is 5.97 Å². The molecule has 0 aliphatic heterocycles. The number of aryl methyl sites for hydroxylation is 1. The van der Waals surface area contributed by atoms with Crippen molar-refractivity contribution in [2.24, 2.45) is 0 Å². The van der Waals surface area contributed by atoms with Crippen molar-refractivity contribution in [2.75, 3.05) is 6.61 Å². The fourth-order valence-electron chi connectivity index (χ4n) is 1.83. The van der Waals surface area contributed by atoms with Crippen molar-refractivity contribution in [1.82, 2.24) is 4.98 Å². The number of nitrogens with zero attached hydrogens (tertiary/aromatic N) is 1. The van der Waals surface area contributed by atoms with Gasteiger partial charge in [0, 0.05) is 11.8 Å². The summed E-state index contributed by atoms with van der Waals surface area (Å²) in [6.45, 7) is 3.88. The Morgan fingerprint density at radius 1 is 1.32 bits per heavy atom. The zero-order chi connectivity index (χ0) is 13.8. The molecule has 0 saturated heterocycles. The first-order chi connectivity index (χ1) is 9.11. The van der Waals surface area contributed by atoms with Crippen LogP contribution in [0.25, 0.3) is 11.3 Å². The lowest BCUT2D eigenvalue weighted by Crippen LogP contribution is -2.05. The van der Waals surface area contributed by atoms with Crippen molar-refractivity contribution in [2.45, 2.75) is 13.8 Å². The van der Waals surface area contributed by atoms with E-state index in [1.807, 2.05) is 0 Å². The van der Waals surface area contributed by atoms with Gasteiger partial charge in [-0.15, -0.1) is 0 Å². The van der Waals surface area contributed by atoms with Gasteiger partial charge in [0.05, 0.1) is 17.9 Å². The Morgan fingerprint density at radius 3 is 2.79 bits per heavy atom. The Balaban J connectivity index is 2.40. The van der Waals surface area contributed by atoms with Crippen molar-refractivity contribution < 1.29 is 13.9 Å². The zero-order valence-electron chi connectivity index (χ0n) is 10.8. The molecule has 0 fully saturated rings. The van der Waals surface area contributed by atoms with Gasteiger partial charge in [0.15, 0.2) is 0 Å². The summed E-state index contributed by atoms with van der Waals surface area (Å²) in [5, 5.41) is 0. The van der Waals surface area contributed by atoms with Gasteiger partial charge >= 0.3 is 5.97 Å². The SMILES string of the molecule is CCOC(=O)c1ccnc(-c2ccc(F)cc2C)c1. The van der Waals surface area contributed by atoms with Crippen LogP contribution in [0.5, 0.6) is 0 Å². The van der Waals surface area contributed by atoms with Crippen LogP contribution in [0.15, 0.2) is 36.5 Å². The molecule has 98 valence electrons. The van der Waals surface area contributed by atoms with Crippen LogP contribution in [0.4, 0.5) is 4.39 Å². The standard InChI is InChI=1S/C15H14FNO2/c1-3-19-15(18)11-6-7-17-14(9-11)13-5-4-12(16)8-10(13)2/h4-9H,3H2,1-2H3. The number of benzene rings is 1. The third-order valence-electron chi connectivity index (χ3n) is 2.74. The second-order valence-electron chi connectivity index (χ2n) is 4.11. The van der Waals surface area contributed by atoms with E-state index in [2.05, 4.69) is 4.98 Å². The van der Waals surface area contributed by atoms with E-state index in [0.717, 1.165) is 11.1 Å². The molecule has 0 atom stereocenters. The van der Waals surface area contributed by atoms with E-state index >= 15 is 0 Å². The summed E-state index contributed by atoms with van der Waals surface area (Å²) in [5.74, 6) is -0.672. The molecule has 0 unspecified atom stereocenters. The quantitative estimate of drug-likeness (QED) is 0.793. The molecular weight excluding hydrogens is 245 g/mol. The molecule has 0 N–H and O–H groups in total. The van der Waals surface area contributed by atoms with Gasteiger partial charge in [-0.25, -0.2) is 9.18 Å². The van der Waals surface area contributed by atoms with Crippen LogP contribution in [-0.4, -0.2) is 17.6 Å². The molecule has 2 rings (SSSR count). The maximum absolute atomic E-state index is 13.1. The number of carbonyl (C=O) groups excluding carboxylic acids is 1. The van der Waals surface area contributed by atoms with Crippen LogP contribution in [-0.2, 0) is 4.74 Å². The molecule has 2 aromatic rings. The maximum Gasteiger partial charge on any atom is 0.338 e. The fraction of sp³-hybridized carbons (Fsp3) is 0.200. The minimum Gasteiger partial charge on any atom is -0.462 e. The topological polar surface area (TPSA) is 39.2 Å². The summed E-state index contributed by atoms with van der Waals surface area (Å²) in [4.78, 5) is 15.9. The Labute approximate surface area is 111 Å². The molecular formula is C15H14FNO2. The highest BCUT2D eigenvalue weighted by Gasteiger charge is 2.10. The third kappa shape index (κ3) is 2.96. The van der Waals surface area contributed by atoms with E-state index in [9.17, 15) is 9.18 Å². The number of hydrogen-bond donors (Lipinski definition) is 0. The molecule has 1 aromatic carbocycles. The monoisotopic (exact) mass is 259 g/mol. The van der Waals surface area contributed by atoms with Gasteiger partial charge in [-0.3, -0.25) is 4.98 Å². The minimum atomic E-state index is -0.383. The second-order valence-corrected chi connectivity index (χ2v) is 4.11. The van der Waals surface area contributed by atoms with Gasteiger partial charge in [0.2, 0.25) is 0 Å². The summed E-state index contributed by atoms with van der Waals surface area (Å²) in [6.07, 6.45) is 1.55. The highest BCUT2D eigenvalue weighted by molar-refractivity contribution is 5.90. The molecule has 0 spiro atoms. The van der Waals surface area contributed by atoms with Gasteiger partial charge in [-0.1, -0.05) is 0 Å². The highest BCUT2D eigenvalue weighted by Crippen LogP contribution is 2.23. The number of halogens is 1. The van der Waals surface area contributed by atoms with Gasteiger partial charge in [0.25, 0.3) is 0 Å². The predicted molar refractivity (Wildman–Crippen MR) is 70.3 cm³/mol. The maximum atomic E-state index is 13.1. The van der Waals surface area contributed by atoms with Gasteiger partial charge < -0.3 is 4.74 Å². The van der Waals surface area contributed by atoms with Crippen LogP contribution in [0.2, 0.25) is 0 Å². The molecule has 0 radical (unpaired) electrons. The van der Waals surface area contributed by atoms with Crippen LogP contribution < -0.4 is 0 Å². The molecule has 1 aromatic heterocycles. The summed E-state index contributed by atoms with van der Waals surface area (Å²) < 4.78 is 18.0. The number of rotatable bonds is 3. The third-order valence-corrected chi connectivity index (χ3v) is 2.74. The molecule has 19 heavy (non-hydrogen) atoms. The van der Waals surface area contributed by atoms with Crippen molar-refractivity contribution in [3.63, 3.8) is 0 Å². The molecule has 0 aliphatic carbocycles. The van der Waals surface area contributed by atoms with Crippen LogP contribution in [0, 0.1) is 12.7 Å². The van der Waals surface area contributed by atoms with Crippen molar-refractivity contribution in [3.05, 3.63) is 53.5 Å². The lowest BCUT2D eigenvalue weighted by Gasteiger charge is -2.07. The number of pyridine rings is 1. The number of hydrogen-bond acceptors (Lipinski definition) is 3. The van der Waals surface area contributed by atoms with E-state index in [1.165, 1.54) is 12.1 Å². The second kappa shape index (κ2) is 5.61. The van der Waals surface area contributed by atoms with Gasteiger partial charge in [0.1, 0.15) is 5.82 Å². The molecule has 0 aliphatic rings. The molecule has 4 heteroatoms. The van der Waals surface area contributed by atoms with E-state index in [0.29, 0.717) is 17.9 Å². The smallest absolute Gasteiger partial charge is 0.338 e. The molecule has 1 heterocycles. The van der Waals surface area contributed by atoms with E-state index in [4.69, 9.17) is 4.74 Å². The van der Waals surface area contributed by atoms with Crippen LogP contribution in [0.3, 0.4) is 0 Å². The van der Waals surface area contributed by atoms with E-state index < -0.39 is 0 Å². The first kappa shape index (κ1) is 13.2. The van der Waals surface area contributed by atoms with Gasteiger partial charge in [-0.2, -0.15) is 0 Å². The van der Waals surface area contributed by atoms with Crippen molar-refractivity contribution in [3.8, 4) is 11.3 Å². The summed E-state index contributed by atoms with van der Waals surface area (Å²) in [5.41, 5.74) is 2.64. The number of esters is 1. The summed E-state index contributed by atoms with van der Waals surface area (Å²) in [6, 6.07) is 7.72. The summed E-state index contributed by atoms with van der Waals surface area (Å²) >= 11 is 0. The Hall–Kier alpha value is -2.23. The predicted octanol–water partition coefficient (Wildman–Crippen LogP) is 3.37. The van der Waals surface area contributed by atoms with Crippen molar-refractivity contribution in [1.29, 1.82) is 0 Å². The molecule has 3 nitrogen and oxygen atoms in total. The van der Waals surface area contributed by atoms with E-state index in [1.54, 1.807) is 38.2 Å². The van der Waals surface area contributed by atoms with Crippen LogP contribution in [0.1, 0.15) is 22.8 Å². The minimum absolute atomic E-state index is 0.289. The molecule has 0 saturated carbocycles. The first-order valence-corrected chi connectivity index (χ1v) is 6.01. The number of ether oxygens (including phenoxy) is 1. The lowest BCUT2D eigenvalue weighted by molar-refractivity contribution is 0.0526. The van der Waals surface area contributed by atoms with Crippen LogP contribution >= 0.6 is 0 Å². The zero-order valence-corrected chi connectivity index (χ0v) is 10.8. The largest absolute Gasteiger partial charge is 0.462 e. The lowest BCUT2D eigenvalue weighted by atomic mass is 10.0. The molecule has 0 amide bonds. The molecule has 0 bridgehead atoms. The van der Waals surface area contributed by atoms with E-state index in [-0.39, 0.29) is 11.8 Å². The highest BCUT2D eigenvalue weighted by atomic mass is 19.1.